The molecule has 1 aromatic carbocycles. The third kappa shape index (κ3) is 2.87. The Balaban J connectivity index is 1.20. The van der Waals surface area contributed by atoms with E-state index < -0.39 is 5.60 Å². The van der Waals surface area contributed by atoms with Crippen molar-refractivity contribution in [2.75, 3.05) is 0 Å². The van der Waals surface area contributed by atoms with Crippen LogP contribution in [0.25, 0.3) is 0 Å². The lowest BCUT2D eigenvalue weighted by Crippen LogP contribution is -2.39. The average Bonchev–Trinajstić information content (AvgIpc) is 3.42. The Bertz CT molecular complexity index is 935. The predicted octanol–water partition coefficient (Wildman–Crippen LogP) is 3.45. The van der Waals surface area contributed by atoms with Gasteiger partial charge in [0.25, 0.3) is 0 Å². The lowest BCUT2D eigenvalue weighted by molar-refractivity contribution is -0.128. The zero-order valence-electron chi connectivity index (χ0n) is 15.4. The summed E-state index contributed by atoms with van der Waals surface area (Å²) < 4.78 is 18.8. The van der Waals surface area contributed by atoms with Crippen LogP contribution < -0.4 is 5.32 Å². The molecule has 2 saturated carbocycles. The topological polar surface area (TPSA) is 68.3 Å². The van der Waals surface area contributed by atoms with Crippen molar-refractivity contribution in [2.24, 2.45) is 5.92 Å². The molecule has 2 aliphatic carbocycles. The van der Waals surface area contributed by atoms with E-state index in [4.69, 9.17) is 4.74 Å². The van der Waals surface area contributed by atoms with Gasteiger partial charge in [0.1, 0.15) is 11.4 Å². The maximum absolute atomic E-state index is 13.1. The highest BCUT2D eigenvalue weighted by molar-refractivity contribution is 5.94. The first kappa shape index (κ1) is 17.3. The monoisotopic (exact) mass is 380 g/mol. The number of hydrogen-bond donors (Lipinski definition) is 1. The first-order valence-corrected chi connectivity index (χ1v) is 9.79. The molecule has 0 unspecified atom stereocenters. The molecule has 2 aromatic rings. The molecule has 0 radical (unpaired) electrons. The first-order valence-electron chi connectivity index (χ1n) is 9.79. The number of rotatable bonds is 3. The van der Waals surface area contributed by atoms with Crippen LogP contribution in [0.5, 0.6) is 0 Å². The number of amides is 1. The maximum Gasteiger partial charge on any atom is 0.339 e. The highest BCUT2D eigenvalue weighted by atomic mass is 19.1. The molecule has 144 valence electrons. The second-order valence-electron chi connectivity index (χ2n) is 8.09. The maximum atomic E-state index is 13.1. The molecule has 3 aliphatic rings. The van der Waals surface area contributed by atoms with Crippen molar-refractivity contribution >= 4 is 11.9 Å². The fourth-order valence-electron chi connectivity index (χ4n) is 4.67. The van der Waals surface area contributed by atoms with Crippen LogP contribution in [-0.4, -0.2) is 22.9 Å². The highest BCUT2D eigenvalue weighted by Crippen LogP contribution is 2.48. The number of aromatic nitrogens is 1. The van der Waals surface area contributed by atoms with Crippen molar-refractivity contribution < 1.29 is 18.7 Å². The second-order valence-corrected chi connectivity index (χ2v) is 8.09. The van der Waals surface area contributed by atoms with Crippen molar-refractivity contribution in [3.63, 3.8) is 0 Å². The normalized spacial score (nSPS) is 30.6. The number of carbonyl (C=O) groups is 2. The molecule has 1 amide bonds. The summed E-state index contributed by atoms with van der Waals surface area (Å²) in [7, 11) is 0. The van der Waals surface area contributed by atoms with Crippen LogP contribution in [0.15, 0.2) is 42.7 Å². The van der Waals surface area contributed by atoms with Gasteiger partial charge in [-0.25, -0.2) is 9.18 Å². The number of carbonyl (C=O) groups excluding carboxylic acids is 2. The van der Waals surface area contributed by atoms with Gasteiger partial charge in [-0.2, -0.15) is 0 Å². The lowest BCUT2D eigenvalue weighted by atomic mass is 9.75. The molecule has 0 saturated heterocycles. The van der Waals surface area contributed by atoms with E-state index in [2.05, 4.69) is 10.3 Å². The van der Waals surface area contributed by atoms with E-state index in [1.807, 2.05) is 0 Å². The van der Waals surface area contributed by atoms with E-state index in [0.29, 0.717) is 31.2 Å². The number of nitrogens with one attached hydrogen (secondary N) is 1. The zero-order valence-corrected chi connectivity index (χ0v) is 15.4. The molecule has 28 heavy (non-hydrogen) atoms. The summed E-state index contributed by atoms with van der Waals surface area (Å²) in [6.07, 6.45) is 6.86. The van der Waals surface area contributed by atoms with Gasteiger partial charge >= 0.3 is 5.97 Å². The van der Waals surface area contributed by atoms with Crippen molar-refractivity contribution in [3.05, 3.63) is 65.2 Å². The molecule has 0 bridgehead atoms. The Labute approximate surface area is 162 Å². The quantitative estimate of drug-likeness (QED) is 0.828. The van der Waals surface area contributed by atoms with Gasteiger partial charge in [-0.3, -0.25) is 9.78 Å². The Morgan fingerprint density at radius 2 is 1.93 bits per heavy atom. The van der Waals surface area contributed by atoms with Gasteiger partial charge in [0.15, 0.2) is 0 Å². The van der Waals surface area contributed by atoms with E-state index in [0.717, 1.165) is 17.5 Å². The molecule has 6 heteroatoms. The summed E-state index contributed by atoms with van der Waals surface area (Å²) in [6.45, 7) is 0. The SMILES string of the molecule is O=C1O[C@]2(CC[C@@H](C(=O)N[C@@H]3C[C@H]3c3ccc(F)cc3)CC2)c2cnccc21. The Morgan fingerprint density at radius 1 is 1.18 bits per heavy atom. The fraction of sp³-hybridized carbons (Fsp3) is 0.409. The van der Waals surface area contributed by atoms with Crippen LogP contribution in [0.2, 0.25) is 0 Å². The van der Waals surface area contributed by atoms with Crippen molar-refractivity contribution in [1.29, 1.82) is 0 Å². The van der Waals surface area contributed by atoms with Crippen molar-refractivity contribution in [2.45, 2.75) is 49.7 Å². The number of hydrogen-bond acceptors (Lipinski definition) is 4. The van der Waals surface area contributed by atoms with E-state index in [1.165, 1.54) is 12.1 Å². The third-order valence-electron chi connectivity index (χ3n) is 6.40. The number of pyridine rings is 1. The standard InChI is InChI=1S/C22H21FN2O3/c23-15-3-1-13(2-4-15)17-11-19(17)25-20(26)14-5-8-22(9-6-14)18-12-24-10-7-16(18)21(27)28-22/h1-4,7,10,12,14,17,19H,5-6,8-9,11H2,(H,25,26)/t14-,17-,19+,22+/m0/s1. The van der Waals surface area contributed by atoms with Crippen molar-refractivity contribution in [1.82, 2.24) is 10.3 Å². The number of ether oxygens (including phenoxy) is 1. The summed E-state index contributed by atoms with van der Waals surface area (Å²) >= 11 is 0. The minimum Gasteiger partial charge on any atom is -0.450 e. The summed E-state index contributed by atoms with van der Waals surface area (Å²) in [6, 6.07) is 8.33. The van der Waals surface area contributed by atoms with E-state index in [1.54, 1.807) is 30.6 Å². The summed E-state index contributed by atoms with van der Waals surface area (Å²) in [5, 5.41) is 3.14. The third-order valence-corrected chi connectivity index (χ3v) is 6.40. The molecule has 5 nitrogen and oxygen atoms in total. The summed E-state index contributed by atoms with van der Waals surface area (Å²) in [5.41, 5.74) is 1.90. The van der Waals surface area contributed by atoms with Gasteiger partial charge in [0.05, 0.1) is 5.56 Å². The van der Waals surface area contributed by atoms with Crippen LogP contribution in [0.4, 0.5) is 4.39 Å². The molecule has 1 N–H and O–H groups in total. The van der Waals surface area contributed by atoms with E-state index in [9.17, 15) is 14.0 Å². The van der Waals surface area contributed by atoms with Crippen LogP contribution in [0.3, 0.4) is 0 Å². The lowest BCUT2D eigenvalue weighted by Gasteiger charge is -2.35. The zero-order chi connectivity index (χ0) is 19.3. The molecule has 1 aromatic heterocycles. The van der Waals surface area contributed by atoms with Gasteiger partial charge in [-0.05, 0) is 55.9 Å². The molecule has 2 heterocycles. The molecular formula is C22H21FN2O3. The minimum atomic E-state index is -0.617. The molecule has 1 spiro atoms. The summed E-state index contributed by atoms with van der Waals surface area (Å²) in [5.74, 6) is -0.265. The first-order chi connectivity index (χ1) is 13.6. The largest absolute Gasteiger partial charge is 0.450 e. The predicted molar refractivity (Wildman–Crippen MR) is 99.0 cm³/mol. The molecule has 1 aliphatic heterocycles. The van der Waals surface area contributed by atoms with Gasteiger partial charge in [-0.1, -0.05) is 12.1 Å². The number of esters is 1. The van der Waals surface area contributed by atoms with E-state index in [-0.39, 0.29) is 35.6 Å². The Hall–Kier alpha value is -2.76. The van der Waals surface area contributed by atoms with Crippen LogP contribution >= 0.6 is 0 Å². The van der Waals surface area contributed by atoms with Crippen LogP contribution in [-0.2, 0) is 15.1 Å². The second kappa shape index (κ2) is 6.40. The summed E-state index contributed by atoms with van der Waals surface area (Å²) in [4.78, 5) is 29.0. The van der Waals surface area contributed by atoms with Crippen molar-refractivity contribution in [3.8, 4) is 0 Å². The number of halogens is 1. The van der Waals surface area contributed by atoms with Gasteiger partial charge in [0, 0.05) is 35.8 Å². The van der Waals surface area contributed by atoms with Gasteiger partial charge in [0.2, 0.25) is 5.91 Å². The van der Waals surface area contributed by atoms with Gasteiger partial charge in [-0.15, -0.1) is 0 Å². The van der Waals surface area contributed by atoms with Crippen LogP contribution in [0.1, 0.15) is 59.5 Å². The minimum absolute atomic E-state index is 0.0696. The molecular weight excluding hydrogens is 359 g/mol. The molecule has 2 atom stereocenters. The number of benzene rings is 1. The average molecular weight is 380 g/mol. The smallest absolute Gasteiger partial charge is 0.339 e. The van der Waals surface area contributed by atoms with Gasteiger partial charge < -0.3 is 10.1 Å². The molecule has 2 fully saturated rings. The highest BCUT2D eigenvalue weighted by Gasteiger charge is 2.49. The Morgan fingerprint density at radius 3 is 2.68 bits per heavy atom. The van der Waals surface area contributed by atoms with E-state index >= 15 is 0 Å². The Kier molecular flexibility index (Phi) is 3.96. The number of nitrogens with zero attached hydrogens (tertiary/aromatic N) is 1. The number of fused-ring (bicyclic) bond motifs is 2. The fourth-order valence-corrected chi connectivity index (χ4v) is 4.67. The molecule has 5 rings (SSSR count). The van der Waals surface area contributed by atoms with Crippen LogP contribution in [0, 0.1) is 11.7 Å².